The smallest absolute Gasteiger partial charge is 0.293 e. The summed E-state index contributed by atoms with van der Waals surface area (Å²) in [7, 11) is 1.72. The summed E-state index contributed by atoms with van der Waals surface area (Å²) in [4.78, 5) is 29.5. The summed E-state index contributed by atoms with van der Waals surface area (Å²) in [5, 5.41) is 12.7. The third-order valence-corrected chi connectivity index (χ3v) is 5.88. The van der Waals surface area contributed by atoms with Gasteiger partial charge in [0, 0.05) is 25.0 Å². The highest BCUT2D eigenvalue weighted by molar-refractivity contribution is 5.99. The molecule has 0 radical (unpaired) electrons. The number of H-pyrrole nitrogens is 1. The molecule has 1 saturated carbocycles. The van der Waals surface area contributed by atoms with E-state index >= 15 is 0 Å². The molecule has 0 aliphatic heterocycles. The average Bonchev–Trinajstić information content (AvgIpc) is 3.54. The first-order valence-electron chi connectivity index (χ1n) is 10.4. The molecule has 1 N–H and O–H groups in total. The third kappa shape index (κ3) is 3.41. The van der Waals surface area contributed by atoms with Gasteiger partial charge in [0.2, 0.25) is 5.65 Å². The number of fused-ring (bicyclic) bond motifs is 1. The highest BCUT2D eigenvalue weighted by atomic mass is 16.2. The minimum atomic E-state index is -0.320. The maximum absolute atomic E-state index is 13.4. The van der Waals surface area contributed by atoms with Crippen LogP contribution in [0.15, 0.2) is 53.7 Å². The molecular weight excluding hydrogens is 394 g/mol. The van der Waals surface area contributed by atoms with Crippen LogP contribution < -0.4 is 5.56 Å². The zero-order valence-electron chi connectivity index (χ0n) is 17.2. The molecular formula is C22H23N7O2. The highest BCUT2D eigenvalue weighted by Crippen LogP contribution is 2.35. The number of aromatic nitrogens is 6. The van der Waals surface area contributed by atoms with Gasteiger partial charge in [-0.1, -0.05) is 43.2 Å². The van der Waals surface area contributed by atoms with E-state index in [0.29, 0.717) is 17.4 Å². The van der Waals surface area contributed by atoms with Crippen molar-refractivity contribution in [3.05, 3.63) is 70.7 Å². The van der Waals surface area contributed by atoms with E-state index in [9.17, 15) is 9.59 Å². The molecule has 4 aromatic rings. The van der Waals surface area contributed by atoms with Crippen molar-refractivity contribution in [1.29, 1.82) is 0 Å². The summed E-state index contributed by atoms with van der Waals surface area (Å²) < 4.78 is 3.62. The summed E-state index contributed by atoms with van der Waals surface area (Å²) in [6.07, 6.45) is 9.39. The van der Waals surface area contributed by atoms with Gasteiger partial charge in [0.15, 0.2) is 5.82 Å². The first-order chi connectivity index (χ1) is 15.1. The summed E-state index contributed by atoms with van der Waals surface area (Å²) in [5.74, 6) is 0.367. The summed E-state index contributed by atoms with van der Waals surface area (Å²) >= 11 is 0. The predicted octanol–water partition coefficient (Wildman–Crippen LogP) is 2.67. The molecule has 9 nitrogen and oxygen atoms in total. The molecule has 1 amide bonds. The van der Waals surface area contributed by atoms with E-state index in [-0.39, 0.29) is 23.7 Å². The molecule has 0 atom stereocenters. The minimum Gasteiger partial charge on any atom is -0.334 e. The molecule has 0 spiro atoms. The van der Waals surface area contributed by atoms with Crippen molar-refractivity contribution in [2.45, 2.75) is 38.3 Å². The van der Waals surface area contributed by atoms with Gasteiger partial charge >= 0.3 is 0 Å². The lowest BCUT2D eigenvalue weighted by atomic mass is 10.1. The van der Waals surface area contributed by atoms with Crippen molar-refractivity contribution >= 4 is 11.6 Å². The lowest BCUT2D eigenvalue weighted by Crippen LogP contribution is -2.27. The second-order valence-corrected chi connectivity index (χ2v) is 7.92. The van der Waals surface area contributed by atoms with Gasteiger partial charge in [0.1, 0.15) is 0 Å². The van der Waals surface area contributed by atoms with Gasteiger partial charge in [-0.3, -0.25) is 18.7 Å². The Balaban J connectivity index is 1.49. The molecule has 3 aromatic heterocycles. The fourth-order valence-corrected chi connectivity index (χ4v) is 4.31. The van der Waals surface area contributed by atoms with Crippen LogP contribution in [0, 0.1) is 0 Å². The van der Waals surface area contributed by atoms with Crippen LogP contribution in [0.5, 0.6) is 0 Å². The Bertz CT molecular complexity index is 1280. The van der Waals surface area contributed by atoms with E-state index < -0.39 is 0 Å². The molecule has 1 aliphatic carbocycles. The Hall–Kier alpha value is -3.75. The van der Waals surface area contributed by atoms with E-state index in [1.807, 2.05) is 35.0 Å². The molecule has 1 aromatic carbocycles. The third-order valence-electron chi connectivity index (χ3n) is 5.88. The molecule has 0 saturated heterocycles. The monoisotopic (exact) mass is 417 g/mol. The fraction of sp³-hybridized carbons (Fsp3) is 0.318. The second-order valence-electron chi connectivity index (χ2n) is 7.92. The normalized spacial score (nSPS) is 14.4. The topological polar surface area (TPSA) is 101 Å². The SMILES string of the molecule is CN(Cc1nnc2c(=O)[nH]ccn12)C(=O)c1cnn(C2CCCC2)c1-c1ccccc1. The Morgan fingerprint density at radius 1 is 1.19 bits per heavy atom. The number of aromatic amines is 1. The van der Waals surface area contributed by atoms with Crippen LogP contribution in [-0.2, 0) is 6.54 Å². The van der Waals surface area contributed by atoms with E-state index in [1.165, 1.54) is 19.0 Å². The van der Waals surface area contributed by atoms with Crippen molar-refractivity contribution in [2.75, 3.05) is 7.05 Å². The van der Waals surface area contributed by atoms with Crippen LogP contribution in [0.25, 0.3) is 16.9 Å². The van der Waals surface area contributed by atoms with Gasteiger partial charge in [0.25, 0.3) is 11.5 Å². The Labute approximate surface area is 178 Å². The van der Waals surface area contributed by atoms with Crippen molar-refractivity contribution in [3.8, 4) is 11.3 Å². The van der Waals surface area contributed by atoms with Crippen LogP contribution >= 0.6 is 0 Å². The molecule has 0 unspecified atom stereocenters. The summed E-state index contributed by atoms with van der Waals surface area (Å²) in [5.41, 5.74) is 2.28. The number of carbonyl (C=O) groups excluding carboxylic acids is 1. The van der Waals surface area contributed by atoms with Crippen LogP contribution in [-0.4, -0.2) is 47.2 Å². The number of nitrogens with one attached hydrogen (secondary N) is 1. The first kappa shape index (κ1) is 19.2. The van der Waals surface area contributed by atoms with Crippen LogP contribution in [0.2, 0.25) is 0 Å². The van der Waals surface area contributed by atoms with E-state index in [1.54, 1.807) is 28.7 Å². The lowest BCUT2D eigenvalue weighted by molar-refractivity contribution is 0.0782. The van der Waals surface area contributed by atoms with Crippen LogP contribution in [0.4, 0.5) is 0 Å². The van der Waals surface area contributed by atoms with Crippen molar-refractivity contribution in [3.63, 3.8) is 0 Å². The van der Waals surface area contributed by atoms with E-state index in [0.717, 1.165) is 24.1 Å². The van der Waals surface area contributed by atoms with E-state index in [4.69, 9.17) is 0 Å². The number of amides is 1. The molecule has 31 heavy (non-hydrogen) atoms. The maximum atomic E-state index is 13.4. The highest BCUT2D eigenvalue weighted by Gasteiger charge is 2.27. The second kappa shape index (κ2) is 7.82. The number of nitrogens with zero attached hydrogens (tertiary/aromatic N) is 6. The molecule has 1 fully saturated rings. The fourth-order valence-electron chi connectivity index (χ4n) is 4.31. The van der Waals surface area contributed by atoms with Gasteiger partial charge in [-0.25, -0.2) is 0 Å². The Kier molecular flexibility index (Phi) is 4.85. The quantitative estimate of drug-likeness (QED) is 0.538. The molecule has 1 aliphatic rings. The largest absolute Gasteiger partial charge is 0.334 e. The zero-order chi connectivity index (χ0) is 21.4. The maximum Gasteiger partial charge on any atom is 0.293 e. The number of hydrogen-bond acceptors (Lipinski definition) is 5. The first-order valence-corrected chi connectivity index (χ1v) is 10.4. The molecule has 158 valence electrons. The Morgan fingerprint density at radius 3 is 2.74 bits per heavy atom. The Morgan fingerprint density at radius 2 is 1.97 bits per heavy atom. The van der Waals surface area contributed by atoms with Crippen LogP contribution in [0.1, 0.15) is 47.9 Å². The molecule has 0 bridgehead atoms. The predicted molar refractivity (Wildman–Crippen MR) is 115 cm³/mol. The van der Waals surface area contributed by atoms with Gasteiger partial charge in [-0.2, -0.15) is 5.10 Å². The lowest BCUT2D eigenvalue weighted by Gasteiger charge is -2.19. The van der Waals surface area contributed by atoms with Crippen LogP contribution in [0.3, 0.4) is 0 Å². The standard InChI is InChI=1S/C22H23N7O2/c1-27(14-18-25-26-20-21(30)23-11-12-28(18)20)22(31)17-13-24-29(16-9-5-6-10-16)19(17)15-7-3-2-4-8-15/h2-4,7-8,11-13,16H,5-6,9-10,14H2,1H3,(H,23,30). The van der Waals surface area contributed by atoms with Gasteiger partial charge in [-0.05, 0) is 12.8 Å². The summed E-state index contributed by atoms with van der Waals surface area (Å²) in [6.45, 7) is 0.215. The average molecular weight is 417 g/mol. The number of hydrogen-bond donors (Lipinski definition) is 1. The van der Waals surface area contributed by atoms with E-state index in [2.05, 4.69) is 20.3 Å². The van der Waals surface area contributed by atoms with Crippen molar-refractivity contribution in [1.82, 2.24) is 34.3 Å². The zero-order valence-corrected chi connectivity index (χ0v) is 17.2. The van der Waals surface area contributed by atoms with Gasteiger partial charge in [-0.15, -0.1) is 10.2 Å². The summed E-state index contributed by atoms with van der Waals surface area (Å²) in [6, 6.07) is 10.2. The number of rotatable bonds is 5. The minimum absolute atomic E-state index is 0.148. The number of carbonyl (C=O) groups is 1. The van der Waals surface area contributed by atoms with Gasteiger partial charge < -0.3 is 9.88 Å². The van der Waals surface area contributed by atoms with Crippen molar-refractivity contribution < 1.29 is 4.79 Å². The van der Waals surface area contributed by atoms with Gasteiger partial charge in [0.05, 0.1) is 30.0 Å². The number of benzene rings is 1. The molecule has 5 rings (SSSR count). The molecule has 9 heteroatoms. The van der Waals surface area contributed by atoms with Crippen molar-refractivity contribution in [2.24, 2.45) is 0 Å². The molecule has 3 heterocycles.